The molecule has 0 aliphatic heterocycles. The van der Waals surface area contributed by atoms with E-state index in [1.54, 1.807) is 6.26 Å². The second-order valence-electron chi connectivity index (χ2n) is 5.74. The molecule has 120 valence electrons. The molecule has 1 aromatic heterocycles. The lowest BCUT2D eigenvalue weighted by atomic mass is 9.95. The van der Waals surface area contributed by atoms with Gasteiger partial charge >= 0.3 is 5.97 Å². The predicted molar refractivity (Wildman–Crippen MR) is 84.5 cm³/mol. The van der Waals surface area contributed by atoms with Gasteiger partial charge in [0, 0.05) is 11.3 Å². The third-order valence-electron chi connectivity index (χ3n) is 2.93. The number of hydrogen-bond acceptors (Lipinski definition) is 6. The van der Waals surface area contributed by atoms with Crippen molar-refractivity contribution in [2.45, 2.75) is 70.0 Å². The van der Waals surface area contributed by atoms with Gasteiger partial charge in [-0.25, -0.2) is 4.98 Å². The molecular formula is C15H26N2O3S. The second kappa shape index (κ2) is 7.84. The van der Waals surface area contributed by atoms with Crippen molar-refractivity contribution in [2.75, 3.05) is 6.61 Å². The van der Waals surface area contributed by atoms with Gasteiger partial charge in [-0.2, -0.15) is 0 Å². The van der Waals surface area contributed by atoms with Crippen LogP contribution in [0.15, 0.2) is 15.9 Å². The van der Waals surface area contributed by atoms with Crippen LogP contribution in [0.2, 0.25) is 0 Å². The average molecular weight is 314 g/mol. The number of carbonyl (C=O) groups is 1. The van der Waals surface area contributed by atoms with Crippen LogP contribution >= 0.6 is 11.8 Å². The Morgan fingerprint density at radius 2 is 2.19 bits per heavy atom. The Labute approximate surface area is 131 Å². The van der Waals surface area contributed by atoms with Gasteiger partial charge < -0.3 is 9.15 Å². The van der Waals surface area contributed by atoms with E-state index >= 15 is 0 Å². The monoisotopic (exact) mass is 314 g/mol. The molecule has 0 spiro atoms. The van der Waals surface area contributed by atoms with Gasteiger partial charge in [-0.3, -0.25) is 10.1 Å². The van der Waals surface area contributed by atoms with Crippen molar-refractivity contribution in [2.24, 2.45) is 0 Å². The highest BCUT2D eigenvalue weighted by Gasteiger charge is 2.37. The molecule has 1 aromatic rings. The van der Waals surface area contributed by atoms with Crippen LogP contribution in [0.4, 0.5) is 0 Å². The van der Waals surface area contributed by atoms with Gasteiger partial charge in [-0.05, 0) is 41.0 Å². The molecule has 0 fully saturated rings. The Morgan fingerprint density at radius 1 is 1.52 bits per heavy atom. The number of hydrogen-bond donors (Lipinski definition) is 1. The van der Waals surface area contributed by atoms with Crippen LogP contribution in [0.5, 0.6) is 0 Å². The molecule has 1 N–H and O–H groups in total. The van der Waals surface area contributed by atoms with Crippen LogP contribution in [0.1, 0.15) is 46.7 Å². The number of nitrogens with one attached hydrogen (secondary N) is 1. The number of ether oxygens (including phenoxy) is 1. The zero-order valence-corrected chi connectivity index (χ0v) is 14.5. The minimum Gasteiger partial charge on any atom is -0.465 e. The van der Waals surface area contributed by atoms with Gasteiger partial charge in [0.2, 0.25) is 0 Å². The van der Waals surface area contributed by atoms with Crippen molar-refractivity contribution in [3.8, 4) is 0 Å². The largest absolute Gasteiger partial charge is 0.465 e. The number of aromatic nitrogens is 1. The maximum Gasteiger partial charge on any atom is 0.326 e. The fourth-order valence-corrected chi connectivity index (χ4v) is 3.37. The summed E-state index contributed by atoms with van der Waals surface area (Å²) in [4.78, 5) is 16.5. The number of nitrogens with zero attached hydrogens (tertiary/aromatic N) is 1. The van der Waals surface area contributed by atoms with Gasteiger partial charge in [0.15, 0.2) is 0 Å². The first-order chi connectivity index (χ1) is 9.76. The van der Waals surface area contributed by atoms with Crippen molar-refractivity contribution >= 4 is 17.7 Å². The summed E-state index contributed by atoms with van der Waals surface area (Å²) in [6.45, 7) is 12.1. The normalized spacial score (nSPS) is 15.8. The molecule has 0 saturated carbocycles. The van der Waals surface area contributed by atoms with Gasteiger partial charge in [-0.1, -0.05) is 18.7 Å². The van der Waals surface area contributed by atoms with E-state index in [9.17, 15) is 4.79 Å². The van der Waals surface area contributed by atoms with Crippen LogP contribution in [-0.2, 0) is 9.53 Å². The van der Waals surface area contributed by atoms with Gasteiger partial charge in [0.05, 0.1) is 12.3 Å². The van der Waals surface area contributed by atoms with Crippen LogP contribution in [0.25, 0.3) is 0 Å². The Kier molecular flexibility index (Phi) is 6.74. The molecule has 0 aliphatic carbocycles. The highest BCUT2D eigenvalue weighted by molar-refractivity contribution is 7.99. The standard InChI is InChI=1S/C15H26N2O3S/c1-7-19-13(18)15(6,17-10(2)3)8-12(5)21-14-16-11(4)9-20-14/h9-10,12,17H,7-8H2,1-6H3. The van der Waals surface area contributed by atoms with Crippen molar-refractivity contribution in [1.82, 2.24) is 10.3 Å². The molecule has 0 radical (unpaired) electrons. The molecule has 5 nitrogen and oxygen atoms in total. The lowest BCUT2D eigenvalue weighted by molar-refractivity contribution is -0.151. The van der Waals surface area contributed by atoms with Gasteiger partial charge in [0.1, 0.15) is 11.8 Å². The molecule has 2 unspecified atom stereocenters. The molecule has 0 amide bonds. The molecular weight excluding hydrogens is 288 g/mol. The first-order valence-corrected chi connectivity index (χ1v) is 8.18. The van der Waals surface area contributed by atoms with Crippen molar-refractivity contribution in [1.29, 1.82) is 0 Å². The minimum absolute atomic E-state index is 0.170. The maximum absolute atomic E-state index is 12.3. The number of aryl methyl sites for hydroxylation is 1. The molecule has 21 heavy (non-hydrogen) atoms. The fraction of sp³-hybridized carbons (Fsp3) is 0.733. The fourth-order valence-electron chi connectivity index (χ4n) is 2.30. The van der Waals surface area contributed by atoms with Crippen LogP contribution in [0, 0.1) is 6.92 Å². The molecule has 0 aliphatic rings. The van der Waals surface area contributed by atoms with Crippen LogP contribution < -0.4 is 5.32 Å². The molecule has 0 aromatic carbocycles. The quantitative estimate of drug-likeness (QED) is 0.587. The van der Waals surface area contributed by atoms with Crippen molar-refractivity contribution < 1.29 is 13.9 Å². The number of thioether (sulfide) groups is 1. The predicted octanol–water partition coefficient (Wildman–Crippen LogP) is 3.17. The summed E-state index contributed by atoms with van der Waals surface area (Å²) in [5, 5.41) is 4.13. The summed E-state index contributed by atoms with van der Waals surface area (Å²) in [5.74, 6) is -0.213. The number of esters is 1. The average Bonchev–Trinajstić information content (AvgIpc) is 2.73. The highest BCUT2D eigenvalue weighted by Crippen LogP contribution is 2.29. The first-order valence-electron chi connectivity index (χ1n) is 7.30. The SMILES string of the molecule is CCOC(=O)C(C)(CC(C)Sc1nc(C)co1)NC(C)C. The Morgan fingerprint density at radius 3 is 2.67 bits per heavy atom. The lowest BCUT2D eigenvalue weighted by Crippen LogP contribution is -2.54. The Bertz CT molecular complexity index is 462. The smallest absolute Gasteiger partial charge is 0.326 e. The summed E-state index contributed by atoms with van der Waals surface area (Å²) in [7, 11) is 0. The van der Waals surface area contributed by atoms with E-state index < -0.39 is 5.54 Å². The Balaban J connectivity index is 2.72. The highest BCUT2D eigenvalue weighted by atomic mass is 32.2. The summed E-state index contributed by atoms with van der Waals surface area (Å²) in [5.41, 5.74) is 0.149. The number of oxazole rings is 1. The molecule has 2 atom stereocenters. The third-order valence-corrected chi connectivity index (χ3v) is 3.89. The van der Waals surface area contributed by atoms with Crippen LogP contribution in [0.3, 0.4) is 0 Å². The van der Waals surface area contributed by atoms with E-state index in [-0.39, 0.29) is 17.3 Å². The third kappa shape index (κ3) is 5.71. The van der Waals surface area contributed by atoms with Gasteiger partial charge in [0.25, 0.3) is 5.22 Å². The van der Waals surface area contributed by atoms with Crippen molar-refractivity contribution in [3.05, 3.63) is 12.0 Å². The van der Waals surface area contributed by atoms with E-state index in [1.165, 1.54) is 11.8 Å². The summed E-state index contributed by atoms with van der Waals surface area (Å²) < 4.78 is 10.6. The zero-order valence-electron chi connectivity index (χ0n) is 13.7. The summed E-state index contributed by atoms with van der Waals surface area (Å²) in [6.07, 6.45) is 2.27. The number of rotatable bonds is 8. The van der Waals surface area contributed by atoms with E-state index in [1.807, 2.05) is 34.6 Å². The molecule has 0 saturated heterocycles. The summed E-state index contributed by atoms with van der Waals surface area (Å²) >= 11 is 1.53. The van der Waals surface area contributed by atoms with Crippen molar-refractivity contribution in [3.63, 3.8) is 0 Å². The van der Waals surface area contributed by atoms with Gasteiger partial charge in [-0.15, -0.1) is 0 Å². The van der Waals surface area contributed by atoms with Crippen LogP contribution in [-0.4, -0.2) is 34.4 Å². The molecule has 1 rings (SSSR count). The van der Waals surface area contributed by atoms with E-state index in [0.29, 0.717) is 18.3 Å². The number of carbonyl (C=O) groups excluding carboxylic acids is 1. The lowest BCUT2D eigenvalue weighted by Gasteiger charge is -2.32. The Hall–Kier alpha value is -1.01. The molecule has 0 bridgehead atoms. The van der Waals surface area contributed by atoms with E-state index in [2.05, 4.69) is 17.2 Å². The zero-order chi connectivity index (χ0) is 16.0. The van der Waals surface area contributed by atoms with E-state index in [4.69, 9.17) is 9.15 Å². The molecule has 6 heteroatoms. The maximum atomic E-state index is 12.3. The first kappa shape index (κ1) is 18.0. The topological polar surface area (TPSA) is 64.4 Å². The minimum atomic E-state index is -0.710. The summed E-state index contributed by atoms with van der Waals surface area (Å²) in [6, 6.07) is 0.195. The molecule has 1 heterocycles. The van der Waals surface area contributed by atoms with E-state index in [0.717, 1.165) is 5.69 Å². The second-order valence-corrected chi connectivity index (χ2v) is 7.13.